The van der Waals surface area contributed by atoms with Crippen LogP contribution >= 0.6 is 0 Å². The highest BCUT2D eigenvalue weighted by Crippen LogP contribution is 2.29. The Balaban J connectivity index is 1.35. The van der Waals surface area contributed by atoms with E-state index in [0.717, 1.165) is 28.1 Å². The molecule has 1 aliphatic rings. The lowest BCUT2D eigenvalue weighted by atomic mass is 9.98. The number of hydrogen-bond acceptors (Lipinski definition) is 7. The van der Waals surface area contributed by atoms with Crippen molar-refractivity contribution in [2.45, 2.75) is 31.7 Å². The number of carbonyl (C=O) groups is 2. The van der Waals surface area contributed by atoms with Crippen LogP contribution in [0.3, 0.4) is 0 Å². The fourth-order valence-electron chi connectivity index (χ4n) is 5.78. The molecule has 0 spiro atoms. The van der Waals surface area contributed by atoms with Crippen molar-refractivity contribution >= 4 is 49.4 Å². The number of aromatic nitrogens is 2. The van der Waals surface area contributed by atoms with Gasteiger partial charge < -0.3 is 19.9 Å². The number of rotatable bonds is 10. The zero-order valence-corrected chi connectivity index (χ0v) is 25.8. The molecule has 1 atom stereocenters. The van der Waals surface area contributed by atoms with Gasteiger partial charge in [-0.2, -0.15) is 0 Å². The zero-order valence-electron chi connectivity index (χ0n) is 25.0. The van der Waals surface area contributed by atoms with Crippen molar-refractivity contribution in [2.75, 3.05) is 24.9 Å². The highest BCUT2D eigenvalue weighted by molar-refractivity contribution is 7.91. The quantitative estimate of drug-likeness (QED) is 0.215. The standard InChI is InChI=1S/C34H35N5O5S/c1-38-14-13-24(15-32(38)40)21-44-34(41)31-18-26-11-12-28(19-35)36-33(26)39(31)20-27-17-29(16-25-9-5-6-10-30(25)27)37-45(42,43)22-23-7-3-2-4-8-23/h2-12,16-18,24,37H,13-15,19-22,35H2,1H3/t24-/m0/s1. The number of likely N-dealkylation sites (tertiary alicyclic amines) is 1. The van der Waals surface area contributed by atoms with Gasteiger partial charge in [-0.1, -0.05) is 54.6 Å². The minimum Gasteiger partial charge on any atom is -0.461 e. The average molecular weight is 626 g/mol. The largest absolute Gasteiger partial charge is 0.461 e. The summed E-state index contributed by atoms with van der Waals surface area (Å²) in [6.07, 6.45) is 1.10. The van der Waals surface area contributed by atoms with E-state index in [9.17, 15) is 18.0 Å². The number of nitrogens with zero attached hydrogens (tertiary/aromatic N) is 3. The molecule has 3 N–H and O–H groups in total. The van der Waals surface area contributed by atoms with Gasteiger partial charge in [-0.25, -0.2) is 18.2 Å². The number of amides is 1. The molecular weight excluding hydrogens is 590 g/mol. The van der Waals surface area contributed by atoms with Gasteiger partial charge in [0.15, 0.2) is 0 Å². The highest BCUT2D eigenvalue weighted by atomic mass is 32.2. The summed E-state index contributed by atoms with van der Waals surface area (Å²) in [6, 6.07) is 25.7. The van der Waals surface area contributed by atoms with Crippen molar-refractivity contribution in [3.8, 4) is 0 Å². The molecule has 1 aliphatic heterocycles. The Kier molecular flexibility index (Phi) is 8.55. The second-order valence-electron chi connectivity index (χ2n) is 11.5. The van der Waals surface area contributed by atoms with Gasteiger partial charge in [-0.15, -0.1) is 0 Å². The van der Waals surface area contributed by atoms with Gasteiger partial charge in [0.2, 0.25) is 15.9 Å². The molecule has 0 radical (unpaired) electrons. The van der Waals surface area contributed by atoms with Crippen LogP contribution in [0.25, 0.3) is 21.8 Å². The number of benzene rings is 3. The molecule has 11 heteroatoms. The number of pyridine rings is 1. The van der Waals surface area contributed by atoms with Crippen LogP contribution in [0.15, 0.2) is 84.9 Å². The molecule has 0 unspecified atom stereocenters. The molecule has 1 fully saturated rings. The summed E-state index contributed by atoms with van der Waals surface area (Å²) in [5.74, 6) is -0.677. The number of hydrogen-bond donors (Lipinski definition) is 2. The van der Waals surface area contributed by atoms with Crippen LogP contribution in [0.4, 0.5) is 5.69 Å². The van der Waals surface area contributed by atoms with Gasteiger partial charge in [0, 0.05) is 43.5 Å². The molecule has 3 aromatic carbocycles. The second kappa shape index (κ2) is 12.7. The first-order chi connectivity index (χ1) is 21.7. The SMILES string of the molecule is CN1CC[C@H](COC(=O)c2cc3ccc(CN)nc3n2Cc2cc(NS(=O)(=O)Cc3ccccc3)cc3ccccc23)CC1=O. The van der Waals surface area contributed by atoms with Gasteiger partial charge in [0.1, 0.15) is 11.3 Å². The predicted molar refractivity (Wildman–Crippen MR) is 174 cm³/mol. The lowest BCUT2D eigenvalue weighted by Crippen LogP contribution is -2.37. The summed E-state index contributed by atoms with van der Waals surface area (Å²) < 4.78 is 36.6. The molecular formula is C34H35N5O5S. The van der Waals surface area contributed by atoms with E-state index >= 15 is 0 Å². The average Bonchev–Trinajstić information content (AvgIpc) is 3.38. The topological polar surface area (TPSA) is 137 Å². The molecule has 0 aliphatic carbocycles. The van der Waals surface area contributed by atoms with Gasteiger partial charge in [0.05, 0.1) is 24.6 Å². The Morgan fingerprint density at radius 1 is 1.02 bits per heavy atom. The van der Waals surface area contributed by atoms with Crippen molar-refractivity contribution in [3.05, 3.63) is 107 Å². The first-order valence-corrected chi connectivity index (χ1v) is 16.5. The second-order valence-corrected chi connectivity index (χ2v) is 13.2. The van der Waals surface area contributed by atoms with E-state index in [1.54, 1.807) is 59.0 Å². The number of piperidine rings is 1. The van der Waals surface area contributed by atoms with Gasteiger partial charge in [-0.05, 0) is 58.7 Å². The maximum atomic E-state index is 13.6. The van der Waals surface area contributed by atoms with Crippen LogP contribution in [0.1, 0.15) is 40.2 Å². The summed E-state index contributed by atoms with van der Waals surface area (Å²) in [4.78, 5) is 32.2. The molecule has 1 saturated heterocycles. The van der Waals surface area contributed by atoms with E-state index in [4.69, 9.17) is 15.5 Å². The molecule has 10 nitrogen and oxygen atoms in total. The number of esters is 1. The van der Waals surface area contributed by atoms with Crippen LogP contribution < -0.4 is 10.5 Å². The fourth-order valence-corrected chi connectivity index (χ4v) is 6.96. The van der Waals surface area contributed by atoms with Crippen molar-refractivity contribution in [2.24, 2.45) is 11.7 Å². The smallest absolute Gasteiger partial charge is 0.355 e. The van der Waals surface area contributed by atoms with Crippen LogP contribution in [0.2, 0.25) is 0 Å². The van der Waals surface area contributed by atoms with Gasteiger partial charge in [-0.3, -0.25) is 9.52 Å². The van der Waals surface area contributed by atoms with Crippen LogP contribution in [0.5, 0.6) is 0 Å². The molecule has 0 saturated carbocycles. The minimum absolute atomic E-state index is 0.0398. The molecule has 1 amide bonds. The third-order valence-corrected chi connectivity index (χ3v) is 9.44. The Bertz CT molecular complexity index is 1990. The maximum Gasteiger partial charge on any atom is 0.355 e. The predicted octanol–water partition coefficient (Wildman–Crippen LogP) is 4.66. The summed E-state index contributed by atoms with van der Waals surface area (Å²) in [7, 11) is -1.93. The summed E-state index contributed by atoms with van der Waals surface area (Å²) in [5.41, 5.74) is 9.34. The first-order valence-electron chi connectivity index (χ1n) is 14.9. The van der Waals surface area contributed by atoms with E-state index in [0.29, 0.717) is 41.3 Å². The number of anilines is 1. The Morgan fingerprint density at radius 2 is 1.80 bits per heavy atom. The molecule has 45 heavy (non-hydrogen) atoms. The molecule has 2 aromatic heterocycles. The van der Waals surface area contributed by atoms with Crippen molar-refractivity contribution < 1.29 is 22.7 Å². The lowest BCUT2D eigenvalue weighted by Gasteiger charge is -2.28. The normalized spacial score (nSPS) is 15.5. The summed E-state index contributed by atoms with van der Waals surface area (Å²) >= 11 is 0. The van der Waals surface area contributed by atoms with E-state index < -0.39 is 16.0 Å². The number of nitrogens with one attached hydrogen (secondary N) is 1. The number of nitrogens with two attached hydrogens (primary N) is 1. The van der Waals surface area contributed by atoms with Crippen molar-refractivity contribution in [1.82, 2.24) is 14.5 Å². The minimum atomic E-state index is -3.71. The van der Waals surface area contributed by atoms with E-state index in [-0.39, 0.29) is 37.3 Å². The number of fused-ring (bicyclic) bond motifs is 2. The highest BCUT2D eigenvalue weighted by Gasteiger charge is 2.26. The number of sulfonamides is 1. The third-order valence-electron chi connectivity index (χ3n) is 8.18. The van der Waals surface area contributed by atoms with E-state index in [1.165, 1.54) is 0 Å². The first kappa shape index (κ1) is 30.3. The van der Waals surface area contributed by atoms with Crippen molar-refractivity contribution in [3.63, 3.8) is 0 Å². The van der Waals surface area contributed by atoms with E-state index in [1.807, 2.05) is 42.5 Å². The fraction of sp³-hybridized carbons (Fsp3) is 0.265. The van der Waals surface area contributed by atoms with Gasteiger partial charge >= 0.3 is 5.97 Å². The monoisotopic (exact) mass is 625 g/mol. The molecule has 3 heterocycles. The lowest BCUT2D eigenvalue weighted by molar-refractivity contribution is -0.134. The van der Waals surface area contributed by atoms with Crippen LogP contribution in [-0.4, -0.2) is 54.9 Å². The maximum absolute atomic E-state index is 13.6. The summed E-state index contributed by atoms with van der Waals surface area (Å²) in [5, 5.41) is 2.50. The van der Waals surface area contributed by atoms with E-state index in [2.05, 4.69) is 4.72 Å². The molecule has 0 bridgehead atoms. The molecule has 232 valence electrons. The Hall–Kier alpha value is -4.74. The van der Waals surface area contributed by atoms with Gasteiger partial charge in [0.25, 0.3) is 0 Å². The summed E-state index contributed by atoms with van der Waals surface area (Å²) in [6.45, 7) is 1.22. The number of carbonyl (C=O) groups excluding carboxylic acids is 2. The third kappa shape index (κ3) is 6.84. The Labute approximate surface area is 261 Å². The number of ether oxygens (including phenoxy) is 1. The molecule has 6 rings (SSSR count). The van der Waals surface area contributed by atoms with Crippen LogP contribution in [0, 0.1) is 5.92 Å². The van der Waals surface area contributed by atoms with Crippen molar-refractivity contribution in [1.29, 1.82) is 0 Å². The molecule has 5 aromatic rings. The van der Waals surface area contributed by atoms with Crippen LogP contribution in [-0.2, 0) is 38.4 Å². The Morgan fingerprint density at radius 3 is 2.58 bits per heavy atom. The zero-order chi connectivity index (χ0) is 31.6.